The van der Waals surface area contributed by atoms with Crippen LogP contribution in [0.15, 0.2) is 6.20 Å². The van der Waals surface area contributed by atoms with Gasteiger partial charge in [0.1, 0.15) is 0 Å². The third-order valence-corrected chi connectivity index (χ3v) is 4.10. The van der Waals surface area contributed by atoms with Gasteiger partial charge in [-0.05, 0) is 19.8 Å². The van der Waals surface area contributed by atoms with Gasteiger partial charge in [0, 0.05) is 5.54 Å². The monoisotopic (exact) mass is 286 g/mol. The number of rotatable bonds is 10. The molecule has 0 saturated heterocycles. The smallest absolute Gasteiger partial charge is 0.271 e. The van der Waals surface area contributed by atoms with Crippen LogP contribution in [0.1, 0.15) is 78.6 Å². The summed E-state index contributed by atoms with van der Waals surface area (Å²) in [5.41, 5.74) is -0.493. The molecule has 116 valence electrons. The molecule has 0 aliphatic heterocycles. The highest BCUT2D eigenvalue weighted by atomic mass is 19.1. The maximum atomic E-state index is 13.8. The Morgan fingerprint density at radius 2 is 1.60 bits per heavy atom. The van der Waals surface area contributed by atoms with E-state index in [-0.39, 0.29) is 0 Å². The average Bonchev–Trinajstić information content (AvgIpc) is 2.76. The second-order valence-corrected chi connectivity index (χ2v) is 5.95. The molecule has 2 nitrogen and oxygen atoms in total. The quantitative estimate of drug-likeness (QED) is 0.525. The highest BCUT2D eigenvalue weighted by molar-refractivity contribution is 4.93. The van der Waals surface area contributed by atoms with Crippen molar-refractivity contribution in [3.05, 3.63) is 18.2 Å². The summed E-state index contributed by atoms with van der Waals surface area (Å²) in [6.45, 7) is 6.24. The van der Waals surface area contributed by atoms with Crippen molar-refractivity contribution in [1.82, 2.24) is 9.55 Å². The minimum absolute atomic E-state index is 0.493. The van der Waals surface area contributed by atoms with Crippen molar-refractivity contribution < 1.29 is 8.78 Å². The minimum atomic E-state index is -0.699. The van der Waals surface area contributed by atoms with Gasteiger partial charge in [0.05, 0.1) is 6.20 Å². The van der Waals surface area contributed by atoms with Gasteiger partial charge in [0.25, 0.3) is 6.08 Å². The summed E-state index contributed by atoms with van der Waals surface area (Å²) in [6, 6.07) is 0. The van der Waals surface area contributed by atoms with Crippen molar-refractivity contribution >= 4 is 0 Å². The van der Waals surface area contributed by atoms with Gasteiger partial charge < -0.3 is 0 Å². The fraction of sp³-hybridized carbons (Fsp3) is 0.812. The molecule has 0 fully saturated rings. The molecule has 0 aliphatic rings. The van der Waals surface area contributed by atoms with E-state index in [4.69, 9.17) is 0 Å². The lowest BCUT2D eigenvalue weighted by Gasteiger charge is -2.32. The summed E-state index contributed by atoms with van der Waals surface area (Å²) in [4.78, 5) is 3.47. The molecule has 1 unspecified atom stereocenters. The molecule has 1 rings (SSSR count). The summed E-state index contributed by atoms with van der Waals surface area (Å²) in [7, 11) is 0. The van der Waals surface area contributed by atoms with Gasteiger partial charge in [-0.25, -0.2) is 4.98 Å². The number of halogens is 2. The molecule has 0 bridgehead atoms. The Hall–Kier alpha value is -0.930. The zero-order chi connectivity index (χ0) is 15.0. The Kier molecular flexibility index (Phi) is 7.17. The van der Waals surface area contributed by atoms with E-state index in [1.54, 1.807) is 0 Å². The molecule has 0 spiro atoms. The molecule has 1 aromatic heterocycles. The zero-order valence-electron chi connectivity index (χ0n) is 13.1. The summed E-state index contributed by atoms with van der Waals surface area (Å²) in [6.07, 6.45) is 9.68. The molecule has 0 amide bonds. The Morgan fingerprint density at radius 3 is 2.15 bits per heavy atom. The second kappa shape index (κ2) is 8.38. The Morgan fingerprint density at radius 1 is 1.00 bits per heavy atom. The topological polar surface area (TPSA) is 17.8 Å². The molecule has 0 aliphatic carbocycles. The van der Waals surface area contributed by atoms with Crippen LogP contribution in [-0.4, -0.2) is 9.55 Å². The molecular weight excluding hydrogens is 258 g/mol. The lowest BCUT2D eigenvalue weighted by atomic mass is 9.88. The van der Waals surface area contributed by atoms with E-state index in [2.05, 4.69) is 18.8 Å². The van der Waals surface area contributed by atoms with Crippen LogP contribution in [0, 0.1) is 12.0 Å². The van der Waals surface area contributed by atoms with Crippen LogP contribution in [-0.2, 0) is 5.54 Å². The summed E-state index contributed by atoms with van der Waals surface area (Å²) >= 11 is 0. The number of aromatic nitrogens is 2. The molecular formula is C16H28F2N2. The highest BCUT2D eigenvalue weighted by Gasteiger charge is 2.30. The molecule has 1 atom stereocenters. The van der Waals surface area contributed by atoms with E-state index in [9.17, 15) is 8.78 Å². The Labute approximate surface area is 121 Å². The van der Waals surface area contributed by atoms with Crippen molar-refractivity contribution in [3.8, 4) is 0 Å². The first-order valence-corrected chi connectivity index (χ1v) is 7.94. The summed E-state index contributed by atoms with van der Waals surface area (Å²) < 4.78 is 28.8. The maximum Gasteiger partial charge on any atom is 0.291 e. The molecule has 4 heteroatoms. The molecule has 20 heavy (non-hydrogen) atoms. The molecule has 0 aromatic carbocycles. The van der Waals surface area contributed by atoms with Gasteiger partial charge in [0.2, 0.25) is 5.95 Å². The lowest BCUT2D eigenvalue weighted by molar-refractivity contribution is 0.195. The van der Waals surface area contributed by atoms with Gasteiger partial charge in [-0.2, -0.15) is 8.78 Å². The van der Waals surface area contributed by atoms with E-state index in [0.29, 0.717) is 0 Å². The Balaban J connectivity index is 2.71. The van der Waals surface area contributed by atoms with E-state index in [1.807, 2.05) is 6.92 Å². The second-order valence-electron chi connectivity index (χ2n) is 5.95. The number of nitrogens with zero attached hydrogens (tertiary/aromatic N) is 2. The van der Waals surface area contributed by atoms with Crippen LogP contribution in [0.4, 0.5) is 8.78 Å². The van der Waals surface area contributed by atoms with Crippen LogP contribution in [0.5, 0.6) is 0 Å². The average molecular weight is 286 g/mol. The van der Waals surface area contributed by atoms with Gasteiger partial charge >= 0.3 is 0 Å². The normalized spacial score (nSPS) is 14.4. The number of imidazole rings is 1. The molecule has 0 saturated carbocycles. The highest BCUT2D eigenvalue weighted by Crippen LogP contribution is 2.31. The van der Waals surface area contributed by atoms with Crippen LogP contribution in [0.2, 0.25) is 0 Å². The molecule has 0 N–H and O–H groups in total. The molecule has 1 aromatic rings. The van der Waals surface area contributed by atoms with Gasteiger partial charge in [-0.3, -0.25) is 4.57 Å². The SMILES string of the molecule is CCCCCCCC(C)(CCCC)n1c(F)cnc1F. The van der Waals surface area contributed by atoms with E-state index < -0.39 is 17.6 Å². The van der Waals surface area contributed by atoms with Crippen molar-refractivity contribution in [2.75, 3.05) is 0 Å². The first-order valence-electron chi connectivity index (χ1n) is 7.94. The van der Waals surface area contributed by atoms with Gasteiger partial charge in [0.15, 0.2) is 0 Å². The van der Waals surface area contributed by atoms with E-state index in [1.165, 1.54) is 19.3 Å². The van der Waals surface area contributed by atoms with Crippen molar-refractivity contribution in [1.29, 1.82) is 0 Å². The third kappa shape index (κ3) is 4.57. The predicted molar refractivity (Wildman–Crippen MR) is 78.7 cm³/mol. The number of hydrogen-bond donors (Lipinski definition) is 0. The molecule has 0 radical (unpaired) electrons. The fourth-order valence-electron chi connectivity index (χ4n) is 2.81. The predicted octanol–water partition coefficient (Wildman–Crippen LogP) is 5.43. The maximum absolute atomic E-state index is 13.8. The van der Waals surface area contributed by atoms with E-state index in [0.717, 1.165) is 49.3 Å². The first-order chi connectivity index (χ1) is 9.55. The van der Waals surface area contributed by atoms with Crippen LogP contribution >= 0.6 is 0 Å². The standard InChI is InChI=1S/C16H28F2N2/c1-4-6-8-9-10-12-16(3,11-7-5-2)20-14(17)13-19-15(20)18/h13H,4-12H2,1-3H3. The number of unbranched alkanes of at least 4 members (excludes halogenated alkanes) is 5. The first kappa shape index (κ1) is 17.1. The minimum Gasteiger partial charge on any atom is -0.271 e. The zero-order valence-corrected chi connectivity index (χ0v) is 13.1. The largest absolute Gasteiger partial charge is 0.291 e. The van der Waals surface area contributed by atoms with Crippen molar-refractivity contribution in [2.45, 2.75) is 84.1 Å². The van der Waals surface area contributed by atoms with Crippen molar-refractivity contribution in [2.24, 2.45) is 0 Å². The molecule has 1 heterocycles. The summed E-state index contributed by atoms with van der Waals surface area (Å²) in [5, 5.41) is 0. The number of hydrogen-bond acceptors (Lipinski definition) is 1. The Bertz CT molecular complexity index is 370. The van der Waals surface area contributed by atoms with Crippen LogP contribution in [0.25, 0.3) is 0 Å². The van der Waals surface area contributed by atoms with Crippen molar-refractivity contribution in [3.63, 3.8) is 0 Å². The van der Waals surface area contributed by atoms with Gasteiger partial charge in [-0.1, -0.05) is 58.8 Å². The lowest BCUT2D eigenvalue weighted by Crippen LogP contribution is -2.33. The van der Waals surface area contributed by atoms with E-state index >= 15 is 0 Å². The fourth-order valence-corrected chi connectivity index (χ4v) is 2.81. The third-order valence-electron chi connectivity index (χ3n) is 4.10. The van der Waals surface area contributed by atoms with Crippen LogP contribution in [0.3, 0.4) is 0 Å². The van der Waals surface area contributed by atoms with Crippen LogP contribution < -0.4 is 0 Å². The van der Waals surface area contributed by atoms with Gasteiger partial charge in [-0.15, -0.1) is 0 Å². The summed E-state index contributed by atoms with van der Waals surface area (Å²) in [5.74, 6) is -0.560.